The molecule has 0 radical (unpaired) electrons. The summed E-state index contributed by atoms with van der Waals surface area (Å²) < 4.78 is 10.7. The molecule has 4 heteroatoms. The second-order valence-corrected chi connectivity index (χ2v) is 8.85. The Morgan fingerprint density at radius 1 is 0.500 bits per heavy atom. The highest BCUT2D eigenvalue weighted by molar-refractivity contribution is 6.33. The van der Waals surface area contributed by atoms with Crippen LogP contribution in [-0.2, 0) is 0 Å². The lowest BCUT2D eigenvalue weighted by Crippen LogP contribution is -2.06. The van der Waals surface area contributed by atoms with Gasteiger partial charge < -0.3 is 14.8 Å². The minimum atomic E-state index is 0.902. The fourth-order valence-corrected chi connectivity index (χ4v) is 5.71. The highest BCUT2D eigenvalue weighted by atomic mass is 16.3. The van der Waals surface area contributed by atoms with Gasteiger partial charge in [-0.05, 0) is 48.5 Å². The highest BCUT2D eigenvalue weighted by Crippen LogP contribution is 2.44. The molecule has 0 saturated heterocycles. The van der Waals surface area contributed by atoms with Gasteiger partial charge in [0, 0.05) is 32.6 Å². The number of furan rings is 1. The molecule has 3 heterocycles. The van der Waals surface area contributed by atoms with Crippen LogP contribution in [0.1, 0.15) is 0 Å². The lowest BCUT2D eigenvalue weighted by Gasteiger charge is -2.07. The molecule has 0 amide bonds. The van der Waals surface area contributed by atoms with E-state index in [9.17, 15) is 0 Å². The van der Waals surface area contributed by atoms with Crippen molar-refractivity contribution in [2.45, 2.75) is 0 Å². The zero-order valence-corrected chi connectivity index (χ0v) is 18.2. The first-order valence-electron chi connectivity index (χ1n) is 11.4. The summed E-state index contributed by atoms with van der Waals surface area (Å²) in [5.41, 5.74) is 7.22. The van der Waals surface area contributed by atoms with E-state index in [0.29, 0.717) is 0 Å². The fourth-order valence-electron chi connectivity index (χ4n) is 5.71. The molecule has 4 nitrogen and oxygen atoms in total. The molecule has 0 saturated carbocycles. The molecule has 8 rings (SSSR count). The number of nitrogens with two attached hydrogens (primary N) is 1. The first-order chi connectivity index (χ1) is 16.8. The minimum Gasteiger partial charge on any atom is -0.455 e. The predicted molar refractivity (Wildman–Crippen MR) is 141 cm³/mol. The van der Waals surface area contributed by atoms with Crippen molar-refractivity contribution in [3.63, 3.8) is 0 Å². The first kappa shape index (κ1) is 17.8. The van der Waals surface area contributed by atoms with E-state index < -0.39 is 0 Å². The molecule has 0 spiro atoms. The molecule has 0 fully saturated rings. The number of rotatable bonds is 1. The minimum absolute atomic E-state index is 0.902. The van der Waals surface area contributed by atoms with Crippen molar-refractivity contribution in [1.82, 2.24) is 9.24 Å². The van der Waals surface area contributed by atoms with Crippen LogP contribution in [0, 0.1) is 0 Å². The van der Waals surface area contributed by atoms with Gasteiger partial charge >= 0.3 is 0 Å². The lowest BCUT2D eigenvalue weighted by molar-refractivity contribution is 0.673. The summed E-state index contributed by atoms with van der Waals surface area (Å²) in [5.74, 6) is 6.59. The fraction of sp³-hybridized carbons (Fsp3) is 0. The van der Waals surface area contributed by atoms with Gasteiger partial charge in [-0.3, -0.25) is 4.68 Å². The molecule has 0 aliphatic rings. The molecule has 0 aliphatic carbocycles. The van der Waals surface area contributed by atoms with E-state index >= 15 is 0 Å². The van der Waals surface area contributed by atoms with Crippen LogP contribution in [0.5, 0.6) is 0 Å². The summed E-state index contributed by atoms with van der Waals surface area (Å²) in [6.07, 6.45) is 0. The first-order valence-corrected chi connectivity index (χ1v) is 11.4. The van der Waals surface area contributed by atoms with Crippen LogP contribution in [0.4, 0.5) is 0 Å². The predicted octanol–water partition coefficient (Wildman–Crippen LogP) is 7.50. The zero-order valence-electron chi connectivity index (χ0n) is 18.2. The molecular weight excluding hydrogens is 418 g/mol. The Kier molecular flexibility index (Phi) is 3.25. The molecule has 34 heavy (non-hydrogen) atoms. The summed E-state index contributed by atoms with van der Waals surface area (Å²) in [7, 11) is 0. The third-order valence-corrected chi connectivity index (χ3v) is 7.12. The van der Waals surface area contributed by atoms with E-state index in [2.05, 4.69) is 89.5 Å². The Morgan fingerprint density at radius 2 is 1.18 bits per heavy atom. The van der Waals surface area contributed by atoms with Crippen LogP contribution in [0.3, 0.4) is 0 Å². The van der Waals surface area contributed by atoms with Gasteiger partial charge in [-0.2, -0.15) is 0 Å². The Hall–Kier alpha value is -4.70. The molecule has 0 bridgehead atoms. The van der Waals surface area contributed by atoms with Gasteiger partial charge in [0.05, 0.1) is 27.5 Å². The number of para-hydroxylation sites is 3. The third-order valence-electron chi connectivity index (χ3n) is 7.12. The average molecular weight is 438 g/mol. The van der Waals surface area contributed by atoms with Gasteiger partial charge in [-0.1, -0.05) is 54.6 Å². The van der Waals surface area contributed by atoms with Crippen LogP contribution in [-0.4, -0.2) is 9.24 Å². The Labute approximate surface area is 194 Å². The second-order valence-electron chi connectivity index (χ2n) is 8.85. The van der Waals surface area contributed by atoms with Crippen molar-refractivity contribution in [2.75, 3.05) is 5.84 Å². The molecule has 160 valence electrons. The lowest BCUT2D eigenvalue weighted by atomic mass is 10.0. The zero-order chi connectivity index (χ0) is 22.4. The molecule has 0 aliphatic heterocycles. The van der Waals surface area contributed by atoms with E-state index in [0.717, 1.165) is 65.9 Å². The average Bonchev–Trinajstić information content (AvgIpc) is 3.52. The molecule has 2 N–H and O–H groups in total. The van der Waals surface area contributed by atoms with Crippen LogP contribution >= 0.6 is 0 Å². The Balaban J connectivity index is 1.73. The van der Waals surface area contributed by atoms with Crippen molar-refractivity contribution in [3.8, 4) is 5.69 Å². The Bertz CT molecular complexity index is 2070. The second kappa shape index (κ2) is 6.21. The molecule has 5 aromatic carbocycles. The summed E-state index contributed by atoms with van der Waals surface area (Å²) in [5, 5.41) is 6.85. The molecule has 8 aromatic rings. The molecule has 0 unspecified atom stereocenters. The number of nitrogen functional groups attached to an aromatic ring is 1. The van der Waals surface area contributed by atoms with Crippen molar-refractivity contribution in [2.24, 2.45) is 0 Å². The highest BCUT2D eigenvalue weighted by Gasteiger charge is 2.22. The van der Waals surface area contributed by atoms with Crippen LogP contribution in [0.15, 0.2) is 108 Å². The van der Waals surface area contributed by atoms with Crippen molar-refractivity contribution in [3.05, 3.63) is 103 Å². The van der Waals surface area contributed by atoms with E-state index in [4.69, 9.17) is 10.3 Å². The number of hydrogen-bond donors (Lipinski definition) is 1. The summed E-state index contributed by atoms with van der Waals surface area (Å²) in [4.78, 5) is 0. The van der Waals surface area contributed by atoms with Crippen molar-refractivity contribution < 1.29 is 4.42 Å². The summed E-state index contributed by atoms with van der Waals surface area (Å²) in [6, 6.07) is 35.8. The number of fused-ring (bicyclic) bond motifs is 11. The number of nitrogens with zero attached hydrogens (tertiary/aromatic N) is 2. The van der Waals surface area contributed by atoms with E-state index in [1.54, 1.807) is 4.68 Å². The molecule has 3 aromatic heterocycles. The van der Waals surface area contributed by atoms with E-state index in [1.807, 2.05) is 18.2 Å². The monoisotopic (exact) mass is 437 g/mol. The molecular formula is C30H19N3O. The normalized spacial score (nSPS) is 12.2. The quantitative estimate of drug-likeness (QED) is 0.270. The summed E-state index contributed by atoms with van der Waals surface area (Å²) >= 11 is 0. The van der Waals surface area contributed by atoms with E-state index in [1.165, 1.54) is 5.39 Å². The maximum absolute atomic E-state index is 6.59. The van der Waals surface area contributed by atoms with Gasteiger partial charge in [-0.25, -0.2) is 0 Å². The van der Waals surface area contributed by atoms with Crippen LogP contribution < -0.4 is 5.84 Å². The van der Waals surface area contributed by atoms with Gasteiger partial charge in [0.25, 0.3) is 0 Å². The van der Waals surface area contributed by atoms with E-state index in [-0.39, 0.29) is 0 Å². The largest absolute Gasteiger partial charge is 0.455 e. The topological polar surface area (TPSA) is 49.0 Å². The summed E-state index contributed by atoms with van der Waals surface area (Å²) in [6.45, 7) is 0. The standard InChI is InChI=1S/C30H19N3O/c31-33-22-12-6-4-11-21(22)27-25(33)17-16-23-28(27)29-24(32(23)18-8-2-1-3-9-18)15-14-20-19-10-5-7-13-26(19)34-30(20)29/h1-17H,31H2. The number of benzene rings is 5. The maximum atomic E-state index is 6.59. The van der Waals surface area contributed by atoms with Gasteiger partial charge in [0.1, 0.15) is 11.2 Å². The number of aromatic nitrogens is 2. The number of hydrogen-bond acceptors (Lipinski definition) is 2. The van der Waals surface area contributed by atoms with Gasteiger partial charge in [0.2, 0.25) is 0 Å². The van der Waals surface area contributed by atoms with Gasteiger partial charge in [-0.15, -0.1) is 0 Å². The van der Waals surface area contributed by atoms with Crippen molar-refractivity contribution in [1.29, 1.82) is 0 Å². The maximum Gasteiger partial charge on any atom is 0.145 e. The van der Waals surface area contributed by atoms with Crippen molar-refractivity contribution >= 4 is 65.6 Å². The van der Waals surface area contributed by atoms with Gasteiger partial charge in [0.15, 0.2) is 0 Å². The Morgan fingerprint density at radius 3 is 2.06 bits per heavy atom. The SMILES string of the molecule is Nn1c2ccccc2c2c3c4c5oc6ccccc6c5ccc4n(-c4ccccc4)c3ccc21. The smallest absolute Gasteiger partial charge is 0.145 e. The molecule has 0 atom stereocenters. The third kappa shape index (κ3) is 2.08. The van der Waals surface area contributed by atoms with Crippen LogP contribution in [0.25, 0.3) is 71.2 Å². The van der Waals surface area contributed by atoms with Crippen LogP contribution in [0.2, 0.25) is 0 Å².